The van der Waals surface area contributed by atoms with Gasteiger partial charge in [0.1, 0.15) is 0 Å². The van der Waals surface area contributed by atoms with Crippen LogP contribution in [0.15, 0.2) is 66.9 Å². The summed E-state index contributed by atoms with van der Waals surface area (Å²) in [4.78, 5) is 16.5. The highest BCUT2D eigenvalue weighted by Crippen LogP contribution is 2.20. The first-order chi connectivity index (χ1) is 13.7. The number of methoxy groups -OCH3 is 1. The minimum absolute atomic E-state index is 0. The highest BCUT2D eigenvalue weighted by atomic mass is 35.5. The van der Waals surface area contributed by atoms with Crippen molar-refractivity contribution in [1.29, 1.82) is 0 Å². The van der Waals surface area contributed by atoms with E-state index in [0.717, 1.165) is 32.5 Å². The van der Waals surface area contributed by atoms with Crippen LogP contribution < -0.4 is 0 Å². The van der Waals surface area contributed by atoms with E-state index in [0.29, 0.717) is 19.0 Å². The molecule has 30 heavy (non-hydrogen) atoms. The molecule has 0 N–H and O–H groups in total. The second-order valence-corrected chi connectivity index (χ2v) is 7.28. The van der Waals surface area contributed by atoms with E-state index >= 15 is 0 Å². The average molecular weight is 451 g/mol. The summed E-state index contributed by atoms with van der Waals surface area (Å²) < 4.78 is 4.84. The fraction of sp³-hybridized carbons (Fsp3) is 0.375. The van der Waals surface area contributed by atoms with Gasteiger partial charge in [-0.2, -0.15) is 0 Å². The molecule has 1 aliphatic rings. The summed E-state index contributed by atoms with van der Waals surface area (Å²) >= 11 is 0. The molecular formula is C24H32Cl2N2O2. The summed E-state index contributed by atoms with van der Waals surface area (Å²) in [5, 5.41) is 0. The molecule has 0 bridgehead atoms. The van der Waals surface area contributed by atoms with Crippen molar-refractivity contribution in [1.82, 2.24) is 9.80 Å². The molecule has 1 aliphatic heterocycles. The third-order valence-corrected chi connectivity index (χ3v) is 5.33. The first-order valence-electron chi connectivity index (χ1n) is 10.1. The number of esters is 1. The Kier molecular flexibility index (Phi) is 12.2. The lowest BCUT2D eigenvalue weighted by molar-refractivity contribution is -0.140. The molecule has 2 aromatic carbocycles. The molecule has 0 aromatic heterocycles. The smallest absolute Gasteiger partial charge is 0.307 e. The summed E-state index contributed by atoms with van der Waals surface area (Å²) in [6.07, 6.45) is 6.91. The molecule has 164 valence electrons. The largest absolute Gasteiger partial charge is 0.469 e. The number of piperidine rings is 1. The van der Waals surface area contributed by atoms with Gasteiger partial charge in [-0.05, 0) is 36.2 Å². The maximum Gasteiger partial charge on any atom is 0.307 e. The lowest BCUT2D eigenvalue weighted by Crippen LogP contribution is -2.43. The Morgan fingerprint density at radius 2 is 1.63 bits per heavy atom. The van der Waals surface area contributed by atoms with E-state index in [4.69, 9.17) is 4.74 Å². The van der Waals surface area contributed by atoms with Crippen LogP contribution in [0, 0.1) is 0 Å². The topological polar surface area (TPSA) is 32.8 Å². The SMILES string of the molecule is COC(=O)CCN(C=Cc1ccccc1)C1CCN(Cc2ccccc2)CC1.Cl.Cl. The number of ether oxygens (including phenoxy) is 1. The predicted molar refractivity (Wildman–Crippen MR) is 128 cm³/mol. The fourth-order valence-electron chi connectivity index (χ4n) is 3.70. The molecule has 2 aromatic rings. The number of nitrogens with zero attached hydrogens (tertiary/aromatic N) is 2. The molecule has 0 spiro atoms. The lowest BCUT2D eigenvalue weighted by Gasteiger charge is -2.38. The van der Waals surface area contributed by atoms with Gasteiger partial charge in [-0.15, -0.1) is 24.8 Å². The third kappa shape index (κ3) is 8.39. The van der Waals surface area contributed by atoms with Crippen molar-refractivity contribution in [3.8, 4) is 0 Å². The number of hydrogen-bond donors (Lipinski definition) is 0. The molecule has 4 nitrogen and oxygen atoms in total. The van der Waals surface area contributed by atoms with Crippen LogP contribution >= 0.6 is 24.8 Å². The molecule has 0 atom stereocenters. The Labute approximate surface area is 192 Å². The van der Waals surface area contributed by atoms with Gasteiger partial charge in [-0.1, -0.05) is 60.7 Å². The van der Waals surface area contributed by atoms with Crippen LogP contribution in [0.3, 0.4) is 0 Å². The zero-order valence-corrected chi connectivity index (χ0v) is 19.1. The Balaban J connectivity index is 0.00000225. The van der Waals surface area contributed by atoms with Crippen LogP contribution in [0.5, 0.6) is 0 Å². The zero-order valence-electron chi connectivity index (χ0n) is 17.5. The van der Waals surface area contributed by atoms with Crippen molar-refractivity contribution in [3.63, 3.8) is 0 Å². The van der Waals surface area contributed by atoms with Gasteiger partial charge in [-0.3, -0.25) is 9.69 Å². The van der Waals surface area contributed by atoms with Gasteiger partial charge in [0.25, 0.3) is 0 Å². The quantitative estimate of drug-likeness (QED) is 0.527. The zero-order chi connectivity index (χ0) is 19.6. The molecular weight excluding hydrogens is 419 g/mol. The summed E-state index contributed by atoms with van der Waals surface area (Å²) in [5.74, 6) is -0.153. The van der Waals surface area contributed by atoms with Gasteiger partial charge in [0.15, 0.2) is 0 Å². The third-order valence-electron chi connectivity index (χ3n) is 5.33. The second kappa shape index (κ2) is 14.1. The van der Waals surface area contributed by atoms with E-state index in [9.17, 15) is 4.79 Å². The normalized spacial score (nSPS) is 14.6. The minimum Gasteiger partial charge on any atom is -0.469 e. The number of carbonyl (C=O) groups is 1. The van der Waals surface area contributed by atoms with Crippen LogP contribution in [-0.4, -0.2) is 48.6 Å². The van der Waals surface area contributed by atoms with Gasteiger partial charge in [0.05, 0.1) is 13.5 Å². The first kappa shape index (κ1) is 26.0. The Morgan fingerprint density at radius 1 is 1.03 bits per heavy atom. The van der Waals surface area contributed by atoms with Crippen LogP contribution in [-0.2, 0) is 16.1 Å². The molecule has 3 rings (SSSR count). The van der Waals surface area contributed by atoms with Gasteiger partial charge in [0.2, 0.25) is 0 Å². The average Bonchev–Trinajstić information content (AvgIpc) is 2.76. The van der Waals surface area contributed by atoms with Crippen LogP contribution in [0.25, 0.3) is 6.08 Å². The summed E-state index contributed by atoms with van der Waals surface area (Å²) in [7, 11) is 1.45. The number of hydrogen-bond acceptors (Lipinski definition) is 4. The van der Waals surface area contributed by atoms with Crippen molar-refractivity contribution in [3.05, 3.63) is 78.0 Å². The molecule has 0 unspecified atom stereocenters. The first-order valence-corrected chi connectivity index (χ1v) is 10.1. The molecule has 1 heterocycles. The standard InChI is InChI=1S/C24H30N2O2.2ClH/c1-28-24(27)15-19-26(18-12-21-8-4-2-5-9-21)23-13-16-25(17-14-23)20-22-10-6-3-7-11-22;;/h2-12,18,23H,13-17,19-20H2,1H3;2*1H. The van der Waals surface area contributed by atoms with Crippen LogP contribution in [0.4, 0.5) is 0 Å². The Morgan fingerprint density at radius 3 is 2.23 bits per heavy atom. The maximum atomic E-state index is 11.6. The van der Waals surface area contributed by atoms with Crippen LogP contribution in [0.1, 0.15) is 30.4 Å². The van der Waals surface area contributed by atoms with Gasteiger partial charge in [-0.25, -0.2) is 0 Å². The highest BCUT2D eigenvalue weighted by molar-refractivity contribution is 5.85. The van der Waals surface area contributed by atoms with E-state index in [1.165, 1.54) is 18.2 Å². The Bertz CT molecular complexity index is 748. The van der Waals surface area contributed by atoms with Gasteiger partial charge >= 0.3 is 5.97 Å². The van der Waals surface area contributed by atoms with E-state index < -0.39 is 0 Å². The predicted octanol–water partition coefficient (Wildman–Crippen LogP) is 5.03. The fourth-order valence-corrected chi connectivity index (χ4v) is 3.70. The van der Waals surface area contributed by atoms with Crippen molar-refractivity contribution in [2.45, 2.75) is 31.8 Å². The van der Waals surface area contributed by atoms with Crippen molar-refractivity contribution >= 4 is 36.9 Å². The van der Waals surface area contributed by atoms with Crippen molar-refractivity contribution in [2.75, 3.05) is 26.7 Å². The van der Waals surface area contributed by atoms with E-state index in [-0.39, 0.29) is 30.8 Å². The van der Waals surface area contributed by atoms with Crippen molar-refractivity contribution < 1.29 is 9.53 Å². The van der Waals surface area contributed by atoms with E-state index in [1.54, 1.807) is 0 Å². The van der Waals surface area contributed by atoms with Crippen molar-refractivity contribution in [2.24, 2.45) is 0 Å². The molecule has 0 radical (unpaired) electrons. The minimum atomic E-state index is -0.153. The summed E-state index contributed by atoms with van der Waals surface area (Å²) in [5.41, 5.74) is 2.54. The number of likely N-dealkylation sites (tertiary alicyclic amines) is 1. The number of halogens is 2. The highest BCUT2D eigenvalue weighted by Gasteiger charge is 2.23. The second-order valence-electron chi connectivity index (χ2n) is 7.28. The molecule has 1 saturated heterocycles. The molecule has 0 aliphatic carbocycles. The molecule has 1 fully saturated rings. The van der Waals surface area contributed by atoms with E-state index in [2.05, 4.69) is 64.5 Å². The summed E-state index contributed by atoms with van der Waals surface area (Å²) in [6, 6.07) is 21.4. The van der Waals surface area contributed by atoms with E-state index in [1.807, 2.05) is 18.2 Å². The summed E-state index contributed by atoms with van der Waals surface area (Å²) in [6.45, 7) is 3.86. The maximum absolute atomic E-state index is 11.6. The molecule has 0 amide bonds. The lowest BCUT2D eigenvalue weighted by atomic mass is 10.0. The monoisotopic (exact) mass is 450 g/mol. The molecule has 6 heteroatoms. The van der Waals surface area contributed by atoms with Crippen LogP contribution in [0.2, 0.25) is 0 Å². The Hall–Kier alpha value is -2.01. The molecule has 0 saturated carbocycles. The number of rotatable bonds is 8. The van der Waals surface area contributed by atoms with Gasteiger partial charge in [0, 0.05) is 32.2 Å². The number of benzene rings is 2. The van der Waals surface area contributed by atoms with Gasteiger partial charge < -0.3 is 9.64 Å². The number of carbonyl (C=O) groups excluding carboxylic acids is 1.